The van der Waals surface area contributed by atoms with Gasteiger partial charge in [-0.05, 0) is 31.0 Å². The molecule has 2 aromatic heterocycles. The van der Waals surface area contributed by atoms with E-state index < -0.39 is 0 Å². The lowest BCUT2D eigenvalue weighted by atomic mass is 10.0. The van der Waals surface area contributed by atoms with Crippen molar-refractivity contribution >= 4 is 51.5 Å². The number of benzene rings is 1. The topological polar surface area (TPSA) is 58.1 Å². The summed E-state index contributed by atoms with van der Waals surface area (Å²) in [6, 6.07) is 9.36. The van der Waals surface area contributed by atoms with Crippen molar-refractivity contribution in [1.29, 1.82) is 0 Å². The smallest absolute Gasteiger partial charge is 0.326 e. The highest BCUT2D eigenvalue weighted by molar-refractivity contribution is 7.20. The third kappa shape index (κ3) is 2.99. The molecule has 130 valence electrons. The number of amides is 1. The predicted octanol–water partition coefficient (Wildman–Crippen LogP) is 4.18. The molecule has 1 aliphatic rings. The van der Waals surface area contributed by atoms with Gasteiger partial charge in [0.2, 0.25) is 0 Å². The van der Waals surface area contributed by atoms with Gasteiger partial charge in [-0.1, -0.05) is 35.3 Å². The van der Waals surface area contributed by atoms with Gasteiger partial charge in [-0.2, -0.15) is 0 Å². The number of thiophene rings is 1. The molecule has 1 fully saturated rings. The molecule has 0 bridgehead atoms. The highest BCUT2D eigenvalue weighted by Gasteiger charge is 2.28. The summed E-state index contributed by atoms with van der Waals surface area (Å²) in [5, 5.41) is 0. The summed E-state index contributed by atoms with van der Waals surface area (Å²) < 4.78 is 2.74. The highest BCUT2D eigenvalue weighted by atomic mass is 35.5. The zero-order chi connectivity index (χ0) is 17.6. The van der Waals surface area contributed by atoms with Crippen LogP contribution in [0.25, 0.3) is 11.0 Å². The number of halogens is 2. The molecule has 0 unspecified atom stereocenters. The molecule has 3 heterocycles. The number of carbonyl (C=O) groups is 1. The van der Waals surface area contributed by atoms with Crippen molar-refractivity contribution < 1.29 is 4.79 Å². The van der Waals surface area contributed by atoms with Crippen LogP contribution in [0, 0.1) is 0 Å². The van der Waals surface area contributed by atoms with Gasteiger partial charge in [0.05, 0.1) is 20.9 Å². The van der Waals surface area contributed by atoms with Crippen molar-refractivity contribution in [2.24, 2.45) is 0 Å². The number of piperidine rings is 1. The van der Waals surface area contributed by atoms with E-state index in [1.165, 1.54) is 11.3 Å². The lowest BCUT2D eigenvalue weighted by molar-refractivity contribution is 0.0695. The number of hydrogen-bond acceptors (Lipinski definition) is 3. The first-order chi connectivity index (χ1) is 12.0. The Bertz CT molecular complexity index is 999. The van der Waals surface area contributed by atoms with Gasteiger partial charge in [-0.15, -0.1) is 11.3 Å². The number of rotatable bonds is 2. The first-order valence-electron chi connectivity index (χ1n) is 7.98. The molecule has 25 heavy (non-hydrogen) atoms. The van der Waals surface area contributed by atoms with Crippen molar-refractivity contribution in [2.45, 2.75) is 18.9 Å². The van der Waals surface area contributed by atoms with Crippen LogP contribution in [0.4, 0.5) is 0 Å². The van der Waals surface area contributed by atoms with Crippen LogP contribution in [0.3, 0.4) is 0 Å². The second-order valence-corrected chi connectivity index (χ2v) is 8.36. The minimum absolute atomic E-state index is 0.0780. The van der Waals surface area contributed by atoms with Crippen LogP contribution in [-0.2, 0) is 0 Å². The fraction of sp³-hybridized carbons (Fsp3) is 0.294. The summed E-state index contributed by atoms with van der Waals surface area (Å²) in [4.78, 5) is 29.6. The van der Waals surface area contributed by atoms with Gasteiger partial charge in [0, 0.05) is 19.1 Å². The third-order valence-electron chi connectivity index (χ3n) is 4.63. The summed E-state index contributed by atoms with van der Waals surface area (Å²) in [7, 11) is 0. The number of nitrogens with zero attached hydrogens (tertiary/aromatic N) is 2. The van der Waals surface area contributed by atoms with E-state index in [0.29, 0.717) is 27.3 Å². The fourth-order valence-corrected chi connectivity index (χ4v) is 4.87. The molecule has 4 rings (SSSR count). The molecule has 5 nitrogen and oxygen atoms in total. The molecule has 0 spiro atoms. The van der Waals surface area contributed by atoms with E-state index in [4.69, 9.17) is 23.2 Å². The Kier molecular flexibility index (Phi) is 4.35. The monoisotopic (exact) mass is 395 g/mol. The first-order valence-corrected chi connectivity index (χ1v) is 9.55. The lowest BCUT2D eigenvalue weighted by Crippen LogP contribution is -2.40. The van der Waals surface area contributed by atoms with Crippen LogP contribution >= 0.6 is 34.5 Å². The van der Waals surface area contributed by atoms with E-state index in [2.05, 4.69) is 4.98 Å². The molecule has 0 atom stereocenters. The van der Waals surface area contributed by atoms with Crippen molar-refractivity contribution in [2.75, 3.05) is 13.1 Å². The Balaban J connectivity index is 1.53. The second-order valence-electron chi connectivity index (χ2n) is 6.08. The number of hydrogen-bond donors (Lipinski definition) is 1. The summed E-state index contributed by atoms with van der Waals surface area (Å²) >= 11 is 13.2. The molecule has 1 aromatic carbocycles. The summed E-state index contributed by atoms with van der Waals surface area (Å²) in [6.45, 7) is 1.17. The van der Waals surface area contributed by atoms with Gasteiger partial charge in [0.1, 0.15) is 4.34 Å². The molecular formula is C17H15Cl2N3O2S. The van der Waals surface area contributed by atoms with E-state index >= 15 is 0 Å². The Labute approximate surface area is 157 Å². The van der Waals surface area contributed by atoms with Crippen LogP contribution in [0.2, 0.25) is 8.67 Å². The lowest BCUT2D eigenvalue weighted by Gasteiger charge is -2.32. The van der Waals surface area contributed by atoms with Gasteiger partial charge < -0.3 is 9.88 Å². The Morgan fingerprint density at radius 3 is 2.60 bits per heavy atom. The number of nitrogens with one attached hydrogen (secondary N) is 1. The zero-order valence-electron chi connectivity index (χ0n) is 13.2. The first kappa shape index (κ1) is 16.7. The fourth-order valence-electron chi connectivity index (χ4n) is 3.42. The summed E-state index contributed by atoms with van der Waals surface area (Å²) in [5.74, 6) is -0.0992. The van der Waals surface area contributed by atoms with E-state index in [0.717, 1.165) is 23.9 Å². The SMILES string of the molecule is O=C(c1cc(Cl)sc1Cl)N1CCC(n2c(=O)[nH]c3ccccc32)CC1. The molecule has 1 amide bonds. The van der Waals surface area contributed by atoms with E-state index in [9.17, 15) is 9.59 Å². The van der Waals surface area contributed by atoms with Gasteiger partial charge in [0.25, 0.3) is 5.91 Å². The Hall–Kier alpha value is -1.76. The number of aromatic amines is 1. The Morgan fingerprint density at radius 1 is 1.20 bits per heavy atom. The number of carbonyl (C=O) groups excluding carboxylic acids is 1. The summed E-state index contributed by atoms with van der Waals surface area (Å²) in [6.07, 6.45) is 1.45. The number of para-hydroxylation sites is 2. The quantitative estimate of drug-likeness (QED) is 0.707. The molecule has 1 aliphatic heterocycles. The zero-order valence-corrected chi connectivity index (χ0v) is 15.5. The molecule has 1 N–H and O–H groups in total. The van der Waals surface area contributed by atoms with Crippen LogP contribution < -0.4 is 5.69 Å². The number of fused-ring (bicyclic) bond motifs is 1. The van der Waals surface area contributed by atoms with Crippen LogP contribution in [-0.4, -0.2) is 33.4 Å². The average molecular weight is 396 g/mol. The van der Waals surface area contributed by atoms with Crippen LogP contribution in [0.15, 0.2) is 35.1 Å². The van der Waals surface area contributed by atoms with Gasteiger partial charge in [0.15, 0.2) is 0 Å². The van der Waals surface area contributed by atoms with Crippen molar-refractivity contribution in [3.8, 4) is 0 Å². The number of likely N-dealkylation sites (tertiary alicyclic amines) is 1. The molecule has 3 aromatic rings. The molecule has 1 saturated heterocycles. The maximum absolute atomic E-state index is 12.6. The van der Waals surface area contributed by atoms with E-state index in [-0.39, 0.29) is 17.6 Å². The maximum atomic E-state index is 12.6. The van der Waals surface area contributed by atoms with Crippen LogP contribution in [0.1, 0.15) is 29.2 Å². The van der Waals surface area contributed by atoms with E-state index in [1.807, 2.05) is 28.8 Å². The minimum atomic E-state index is -0.0992. The summed E-state index contributed by atoms with van der Waals surface area (Å²) in [5.41, 5.74) is 2.11. The normalized spacial score (nSPS) is 15.8. The van der Waals surface area contributed by atoms with Crippen molar-refractivity contribution in [3.05, 3.63) is 55.1 Å². The molecule has 0 radical (unpaired) electrons. The van der Waals surface area contributed by atoms with Crippen molar-refractivity contribution in [3.63, 3.8) is 0 Å². The molecular weight excluding hydrogens is 381 g/mol. The third-order valence-corrected chi connectivity index (χ3v) is 6.12. The number of H-pyrrole nitrogens is 1. The van der Waals surface area contributed by atoms with Gasteiger partial charge in [-0.25, -0.2) is 4.79 Å². The van der Waals surface area contributed by atoms with Crippen molar-refractivity contribution in [1.82, 2.24) is 14.5 Å². The minimum Gasteiger partial charge on any atom is -0.338 e. The largest absolute Gasteiger partial charge is 0.338 e. The standard InChI is InChI=1S/C17H15Cl2N3O2S/c18-14-9-11(15(19)25-14)16(23)21-7-5-10(6-8-21)22-13-4-2-1-3-12(13)20-17(22)24/h1-4,9-10H,5-8H2,(H,20,24). The molecule has 8 heteroatoms. The van der Waals surface area contributed by atoms with Gasteiger partial charge >= 0.3 is 5.69 Å². The van der Waals surface area contributed by atoms with E-state index in [1.54, 1.807) is 11.0 Å². The number of aromatic nitrogens is 2. The number of imidazole rings is 1. The second kappa shape index (κ2) is 6.52. The molecule has 0 aliphatic carbocycles. The van der Waals surface area contributed by atoms with Gasteiger partial charge in [-0.3, -0.25) is 9.36 Å². The molecule has 0 saturated carbocycles. The predicted molar refractivity (Wildman–Crippen MR) is 101 cm³/mol. The Morgan fingerprint density at radius 2 is 1.92 bits per heavy atom. The van der Waals surface area contributed by atoms with Crippen LogP contribution in [0.5, 0.6) is 0 Å². The average Bonchev–Trinajstić information content (AvgIpc) is 3.12. The maximum Gasteiger partial charge on any atom is 0.326 e. The highest BCUT2D eigenvalue weighted by Crippen LogP contribution is 2.33.